The number of hydrogen-bond acceptors (Lipinski definition) is 6. The molecule has 1 N–H and O–H groups in total. The third-order valence-corrected chi connectivity index (χ3v) is 3.90. The minimum Gasteiger partial charge on any atom is -0.464 e. The summed E-state index contributed by atoms with van der Waals surface area (Å²) < 4.78 is 30.6. The number of carbonyl (C=O) groups excluding carboxylic acids is 1. The highest BCUT2D eigenvalue weighted by Crippen LogP contribution is 2.29. The maximum absolute atomic E-state index is 12.0. The number of pyridine rings is 1. The van der Waals surface area contributed by atoms with Gasteiger partial charge in [-0.3, -0.25) is 9.67 Å². The molecule has 0 bridgehead atoms. The first kappa shape index (κ1) is 11.3. The molecule has 0 atom stereocenters. The fourth-order valence-corrected chi connectivity index (χ4v) is 2.83. The molecule has 0 fully saturated rings. The van der Waals surface area contributed by atoms with E-state index in [1.807, 2.05) is 0 Å². The van der Waals surface area contributed by atoms with Crippen LogP contribution >= 0.6 is 0 Å². The zero-order valence-electron chi connectivity index (χ0n) is 16.2. The number of H-pyrrole nitrogens is 1. The molecule has 4 heterocycles. The number of nitrogens with zero attached hydrogens (tertiary/aromatic N) is 6. The first-order valence-corrected chi connectivity index (χ1v) is 7.05. The molecule has 0 aliphatic heterocycles. The molecule has 0 spiro atoms. The molecular formula is C15H15N7O2. The number of aromatic amines is 1. The molecule has 4 aromatic heterocycles. The van der Waals surface area contributed by atoms with Crippen LogP contribution in [0.25, 0.3) is 33.3 Å². The van der Waals surface area contributed by atoms with E-state index in [0.717, 1.165) is 0 Å². The van der Waals surface area contributed by atoms with Gasteiger partial charge >= 0.3 is 5.97 Å². The van der Waals surface area contributed by atoms with Crippen molar-refractivity contribution in [3.05, 3.63) is 23.7 Å². The van der Waals surface area contributed by atoms with Crippen LogP contribution in [0.5, 0.6) is 0 Å². The standard InChI is InChI=1S/C15H15N7O2/c1-7-13(22(3)20-18-7)8-5-9-10(16-6-8)11-12(17-9)14(15(23)24-4)21(2)19-11/h5-6,17H,1-4H3/i1D3. The minimum atomic E-state index is -2.40. The Morgan fingerprint density at radius 3 is 2.92 bits per heavy atom. The number of aromatic nitrogens is 7. The summed E-state index contributed by atoms with van der Waals surface area (Å²) >= 11 is 0. The molecule has 9 heteroatoms. The van der Waals surface area contributed by atoms with Gasteiger partial charge in [0.05, 0.1) is 24.0 Å². The van der Waals surface area contributed by atoms with Crippen LogP contribution in [0, 0.1) is 6.85 Å². The van der Waals surface area contributed by atoms with Crippen LogP contribution in [-0.4, -0.2) is 47.8 Å². The van der Waals surface area contributed by atoms with Crippen molar-refractivity contribution in [1.82, 2.24) is 34.7 Å². The van der Waals surface area contributed by atoms with Gasteiger partial charge in [0.2, 0.25) is 0 Å². The quantitative estimate of drug-likeness (QED) is 0.557. The molecule has 0 aliphatic rings. The Morgan fingerprint density at radius 1 is 1.33 bits per heavy atom. The third-order valence-electron chi connectivity index (χ3n) is 3.90. The lowest BCUT2D eigenvalue weighted by atomic mass is 10.1. The minimum absolute atomic E-state index is 0.100. The van der Waals surface area contributed by atoms with Gasteiger partial charge in [0, 0.05) is 30.0 Å². The maximum Gasteiger partial charge on any atom is 0.358 e. The Morgan fingerprint density at radius 2 is 2.17 bits per heavy atom. The van der Waals surface area contributed by atoms with E-state index in [1.165, 1.54) is 22.7 Å². The number of fused-ring (bicyclic) bond motifs is 3. The summed E-state index contributed by atoms with van der Waals surface area (Å²) in [4.78, 5) is 19.6. The van der Waals surface area contributed by atoms with Gasteiger partial charge in [-0.15, -0.1) is 5.10 Å². The highest BCUT2D eigenvalue weighted by Gasteiger charge is 2.22. The topological polar surface area (TPSA) is 104 Å². The lowest BCUT2D eigenvalue weighted by molar-refractivity contribution is 0.0590. The second kappa shape index (κ2) is 4.88. The van der Waals surface area contributed by atoms with Crippen molar-refractivity contribution in [3.63, 3.8) is 0 Å². The van der Waals surface area contributed by atoms with Crippen molar-refractivity contribution in [2.45, 2.75) is 6.85 Å². The zero-order chi connectivity index (χ0) is 19.5. The van der Waals surface area contributed by atoms with Crippen LogP contribution in [0.2, 0.25) is 0 Å². The number of hydrogen-bond donors (Lipinski definition) is 1. The van der Waals surface area contributed by atoms with Crippen LogP contribution in [0.1, 0.15) is 20.3 Å². The molecule has 0 saturated carbocycles. The summed E-state index contributed by atoms with van der Waals surface area (Å²) in [6.45, 7) is -2.40. The van der Waals surface area contributed by atoms with Crippen molar-refractivity contribution in [2.24, 2.45) is 14.1 Å². The van der Waals surface area contributed by atoms with Gasteiger partial charge in [-0.25, -0.2) is 9.48 Å². The van der Waals surface area contributed by atoms with E-state index in [-0.39, 0.29) is 11.4 Å². The van der Waals surface area contributed by atoms with E-state index in [9.17, 15) is 4.79 Å². The predicted molar refractivity (Wildman–Crippen MR) is 86.4 cm³/mol. The van der Waals surface area contributed by atoms with Gasteiger partial charge in [0.1, 0.15) is 16.6 Å². The first-order chi connectivity index (χ1) is 12.7. The summed E-state index contributed by atoms with van der Waals surface area (Å²) in [5, 5.41) is 11.9. The van der Waals surface area contributed by atoms with Gasteiger partial charge in [-0.1, -0.05) is 5.21 Å². The molecule has 0 amide bonds. The molecule has 122 valence electrons. The highest BCUT2D eigenvalue weighted by atomic mass is 16.5. The molecule has 0 radical (unpaired) electrons. The lowest BCUT2D eigenvalue weighted by Gasteiger charge is -2.02. The Bertz CT molecular complexity index is 1200. The van der Waals surface area contributed by atoms with Crippen molar-refractivity contribution >= 4 is 28.0 Å². The average molecular weight is 328 g/mol. The molecular weight excluding hydrogens is 310 g/mol. The second-order valence-corrected chi connectivity index (χ2v) is 5.34. The number of esters is 1. The SMILES string of the molecule is [2H]C([2H])([2H])c1nnn(C)c1-c1cnc2c(c1)[nH]c1c(C(=O)OC)n(C)nc12. The van der Waals surface area contributed by atoms with E-state index < -0.39 is 12.8 Å². The number of aryl methyl sites for hydroxylation is 3. The summed E-state index contributed by atoms with van der Waals surface area (Å²) in [5.41, 5.74) is 3.26. The van der Waals surface area contributed by atoms with Crippen LogP contribution in [0.15, 0.2) is 12.3 Å². The van der Waals surface area contributed by atoms with E-state index in [1.54, 1.807) is 20.2 Å². The summed E-state index contributed by atoms with van der Waals surface area (Å²) in [6, 6.07) is 1.74. The molecule has 0 saturated heterocycles. The Kier molecular flexibility index (Phi) is 2.30. The normalized spacial score (nSPS) is 13.9. The van der Waals surface area contributed by atoms with E-state index in [2.05, 4.69) is 25.4 Å². The van der Waals surface area contributed by atoms with Crippen LogP contribution in [0.4, 0.5) is 0 Å². The molecule has 0 aromatic carbocycles. The number of nitrogens with one attached hydrogen (secondary N) is 1. The smallest absolute Gasteiger partial charge is 0.358 e. The molecule has 0 aliphatic carbocycles. The maximum atomic E-state index is 12.0. The zero-order valence-corrected chi connectivity index (χ0v) is 13.2. The average Bonchev–Trinajstić information content (AvgIpc) is 3.24. The molecule has 0 unspecified atom stereocenters. The number of carbonyl (C=O) groups is 1. The van der Waals surface area contributed by atoms with Crippen LogP contribution < -0.4 is 0 Å². The molecule has 24 heavy (non-hydrogen) atoms. The summed E-state index contributed by atoms with van der Waals surface area (Å²) in [6.07, 6.45) is 1.54. The van der Waals surface area contributed by atoms with Gasteiger partial charge < -0.3 is 9.72 Å². The highest BCUT2D eigenvalue weighted by molar-refractivity contribution is 6.10. The number of rotatable bonds is 2. The predicted octanol–water partition coefficient (Wildman–Crippen LogP) is 1.34. The molecule has 4 rings (SSSR count). The van der Waals surface area contributed by atoms with Gasteiger partial charge in [0.25, 0.3) is 0 Å². The van der Waals surface area contributed by atoms with Gasteiger partial charge in [-0.05, 0) is 12.9 Å². The fraction of sp³-hybridized carbons (Fsp3) is 0.267. The summed E-state index contributed by atoms with van der Waals surface area (Å²) in [5.74, 6) is -0.521. The Hall–Kier alpha value is -3.23. The van der Waals surface area contributed by atoms with Crippen LogP contribution in [0.3, 0.4) is 0 Å². The summed E-state index contributed by atoms with van der Waals surface area (Å²) in [7, 11) is 4.56. The van der Waals surface area contributed by atoms with Crippen LogP contribution in [-0.2, 0) is 18.8 Å². The number of ether oxygens (including phenoxy) is 1. The number of methoxy groups -OCH3 is 1. The van der Waals surface area contributed by atoms with Gasteiger partial charge in [0.15, 0.2) is 5.69 Å². The Labute approximate surface area is 140 Å². The Balaban J connectivity index is 1.95. The van der Waals surface area contributed by atoms with Crippen molar-refractivity contribution in [2.75, 3.05) is 7.11 Å². The van der Waals surface area contributed by atoms with Crippen molar-refractivity contribution in [3.8, 4) is 11.3 Å². The second-order valence-electron chi connectivity index (χ2n) is 5.34. The van der Waals surface area contributed by atoms with E-state index in [4.69, 9.17) is 8.85 Å². The van der Waals surface area contributed by atoms with E-state index in [0.29, 0.717) is 33.3 Å². The third kappa shape index (κ3) is 1.84. The largest absolute Gasteiger partial charge is 0.464 e. The fourth-order valence-electron chi connectivity index (χ4n) is 2.83. The van der Waals surface area contributed by atoms with Crippen molar-refractivity contribution in [1.29, 1.82) is 0 Å². The molecule has 9 nitrogen and oxygen atoms in total. The molecule has 4 aromatic rings. The monoisotopic (exact) mass is 328 g/mol. The lowest BCUT2D eigenvalue weighted by Crippen LogP contribution is -2.09. The van der Waals surface area contributed by atoms with E-state index >= 15 is 0 Å². The van der Waals surface area contributed by atoms with Gasteiger partial charge in [-0.2, -0.15) is 5.10 Å². The van der Waals surface area contributed by atoms with Crippen molar-refractivity contribution < 1.29 is 13.6 Å². The first-order valence-electron chi connectivity index (χ1n) is 8.55.